The molecule has 0 amide bonds. The van der Waals surface area contributed by atoms with E-state index in [1.165, 1.54) is 5.56 Å². The standard InChI is InChI=1S/C19H24N2O/c20-17-10-13-21(14-11-17)12-9-16-5-4-8-19(15-16)22-18-6-2-1-3-7-18/h1-8,15,17H,9-14,20H2. The van der Waals surface area contributed by atoms with Gasteiger partial charge in [0.2, 0.25) is 0 Å². The number of nitrogens with two attached hydrogens (primary N) is 1. The molecule has 2 N–H and O–H groups in total. The summed E-state index contributed by atoms with van der Waals surface area (Å²) in [7, 11) is 0. The Hall–Kier alpha value is -1.84. The topological polar surface area (TPSA) is 38.5 Å². The van der Waals surface area contributed by atoms with Crippen molar-refractivity contribution in [1.29, 1.82) is 0 Å². The minimum absolute atomic E-state index is 0.402. The van der Waals surface area contributed by atoms with Gasteiger partial charge in [-0.15, -0.1) is 0 Å². The first kappa shape index (κ1) is 15.1. The molecular weight excluding hydrogens is 272 g/mol. The third kappa shape index (κ3) is 4.33. The van der Waals surface area contributed by atoms with Crippen LogP contribution >= 0.6 is 0 Å². The largest absolute Gasteiger partial charge is 0.457 e. The molecule has 0 radical (unpaired) electrons. The zero-order valence-corrected chi connectivity index (χ0v) is 12.9. The molecule has 1 aliphatic rings. The van der Waals surface area contributed by atoms with E-state index in [4.69, 9.17) is 10.5 Å². The molecule has 1 aliphatic heterocycles. The normalized spacial score (nSPS) is 16.6. The molecule has 3 heteroatoms. The Labute approximate surface area is 132 Å². The molecular formula is C19H24N2O. The van der Waals surface area contributed by atoms with Crippen molar-refractivity contribution in [1.82, 2.24) is 4.90 Å². The predicted octanol–water partition coefficient (Wildman–Crippen LogP) is 3.44. The number of rotatable bonds is 5. The summed E-state index contributed by atoms with van der Waals surface area (Å²) in [6.07, 6.45) is 3.30. The van der Waals surface area contributed by atoms with E-state index >= 15 is 0 Å². The van der Waals surface area contributed by atoms with Gasteiger partial charge in [0.15, 0.2) is 0 Å². The lowest BCUT2D eigenvalue weighted by molar-refractivity contribution is 0.215. The van der Waals surface area contributed by atoms with Crippen LogP contribution in [0.4, 0.5) is 0 Å². The Balaban J connectivity index is 1.55. The summed E-state index contributed by atoms with van der Waals surface area (Å²) in [4.78, 5) is 2.51. The highest BCUT2D eigenvalue weighted by atomic mass is 16.5. The van der Waals surface area contributed by atoms with Crippen LogP contribution in [0.1, 0.15) is 18.4 Å². The number of nitrogens with zero attached hydrogens (tertiary/aromatic N) is 1. The molecule has 2 aromatic rings. The fourth-order valence-electron chi connectivity index (χ4n) is 2.85. The number of piperidine rings is 1. The first-order chi connectivity index (χ1) is 10.8. The lowest BCUT2D eigenvalue weighted by Gasteiger charge is -2.30. The molecule has 1 saturated heterocycles. The molecule has 0 saturated carbocycles. The Morgan fingerprint density at radius 2 is 1.68 bits per heavy atom. The van der Waals surface area contributed by atoms with Crippen LogP contribution in [0.2, 0.25) is 0 Å². The highest BCUT2D eigenvalue weighted by molar-refractivity contribution is 5.33. The Morgan fingerprint density at radius 3 is 2.45 bits per heavy atom. The maximum Gasteiger partial charge on any atom is 0.127 e. The zero-order chi connectivity index (χ0) is 15.2. The van der Waals surface area contributed by atoms with E-state index in [-0.39, 0.29) is 0 Å². The van der Waals surface area contributed by atoms with E-state index in [9.17, 15) is 0 Å². The van der Waals surface area contributed by atoms with Crippen LogP contribution in [0, 0.1) is 0 Å². The maximum atomic E-state index is 5.95. The predicted molar refractivity (Wildman–Crippen MR) is 90.3 cm³/mol. The van der Waals surface area contributed by atoms with Gasteiger partial charge >= 0.3 is 0 Å². The molecule has 0 atom stereocenters. The lowest BCUT2D eigenvalue weighted by atomic mass is 10.1. The minimum atomic E-state index is 0.402. The minimum Gasteiger partial charge on any atom is -0.457 e. The molecule has 2 aromatic carbocycles. The highest BCUT2D eigenvalue weighted by Crippen LogP contribution is 2.22. The van der Waals surface area contributed by atoms with Gasteiger partial charge in [-0.3, -0.25) is 0 Å². The fourth-order valence-corrected chi connectivity index (χ4v) is 2.85. The van der Waals surface area contributed by atoms with Gasteiger partial charge in [0.1, 0.15) is 11.5 Å². The van der Waals surface area contributed by atoms with Crippen molar-refractivity contribution in [2.24, 2.45) is 5.73 Å². The van der Waals surface area contributed by atoms with Crippen molar-refractivity contribution in [3.05, 3.63) is 60.2 Å². The van der Waals surface area contributed by atoms with Crippen LogP contribution in [0.25, 0.3) is 0 Å². The highest BCUT2D eigenvalue weighted by Gasteiger charge is 2.15. The van der Waals surface area contributed by atoms with Gasteiger partial charge in [0, 0.05) is 12.6 Å². The average molecular weight is 296 g/mol. The van der Waals surface area contributed by atoms with Crippen molar-refractivity contribution in [3.8, 4) is 11.5 Å². The second-order valence-electron chi connectivity index (χ2n) is 5.99. The van der Waals surface area contributed by atoms with Gasteiger partial charge in [-0.2, -0.15) is 0 Å². The van der Waals surface area contributed by atoms with E-state index < -0.39 is 0 Å². The first-order valence-corrected chi connectivity index (χ1v) is 8.09. The molecule has 3 nitrogen and oxygen atoms in total. The molecule has 1 heterocycles. The molecule has 3 rings (SSSR count). The number of hydrogen-bond donors (Lipinski definition) is 1. The molecule has 1 fully saturated rings. The van der Waals surface area contributed by atoms with Gasteiger partial charge in [0.05, 0.1) is 0 Å². The van der Waals surface area contributed by atoms with E-state index in [0.717, 1.165) is 50.4 Å². The van der Waals surface area contributed by atoms with Crippen LogP contribution in [0.5, 0.6) is 11.5 Å². The second kappa shape index (κ2) is 7.43. The summed E-state index contributed by atoms with van der Waals surface area (Å²) in [6.45, 7) is 3.35. The number of benzene rings is 2. The Bertz CT molecular complexity index is 577. The van der Waals surface area contributed by atoms with E-state index in [2.05, 4.69) is 23.1 Å². The summed E-state index contributed by atoms with van der Waals surface area (Å²) in [5.41, 5.74) is 7.28. The summed E-state index contributed by atoms with van der Waals surface area (Å²) < 4.78 is 5.89. The van der Waals surface area contributed by atoms with E-state index in [0.29, 0.717) is 6.04 Å². The SMILES string of the molecule is NC1CCN(CCc2cccc(Oc3ccccc3)c2)CC1. The number of ether oxygens (including phenoxy) is 1. The lowest BCUT2D eigenvalue weighted by Crippen LogP contribution is -2.40. The van der Waals surface area contributed by atoms with Crippen LogP contribution in [-0.4, -0.2) is 30.6 Å². The zero-order valence-electron chi connectivity index (χ0n) is 12.9. The van der Waals surface area contributed by atoms with Gasteiger partial charge in [-0.25, -0.2) is 0 Å². The third-order valence-corrected chi connectivity index (χ3v) is 4.23. The fraction of sp³-hybridized carbons (Fsp3) is 0.368. The van der Waals surface area contributed by atoms with Crippen LogP contribution < -0.4 is 10.5 Å². The van der Waals surface area contributed by atoms with E-state index in [1.807, 2.05) is 36.4 Å². The summed E-state index contributed by atoms with van der Waals surface area (Å²) in [6, 6.07) is 18.7. The maximum absolute atomic E-state index is 5.95. The van der Waals surface area contributed by atoms with Crippen molar-refractivity contribution in [2.75, 3.05) is 19.6 Å². The van der Waals surface area contributed by atoms with Gasteiger partial charge in [-0.05, 0) is 62.2 Å². The van der Waals surface area contributed by atoms with E-state index in [1.54, 1.807) is 0 Å². The molecule has 0 aliphatic carbocycles. The molecule has 22 heavy (non-hydrogen) atoms. The molecule has 116 valence electrons. The second-order valence-corrected chi connectivity index (χ2v) is 5.99. The van der Waals surface area contributed by atoms with Crippen molar-refractivity contribution >= 4 is 0 Å². The monoisotopic (exact) mass is 296 g/mol. The van der Waals surface area contributed by atoms with Crippen molar-refractivity contribution < 1.29 is 4.74 Å². The van der Waals surface area contributed by atoms with Crippen molar-refractivity contribution in [2.45, 2.75) is 25.3 Å². The van der Waals surface area contributed by atoms with Crippen LogP contribution in [-0.2, 0) is 6.42 Å². The van der Waals surface area contributed by atoms with Gasteiger partial charge < -0.3 is 15.4 Å². The van der Waals surface area contributed by atoms with Crippen LogP contribution in [0.3, 0.4) is 0 Å². The first-order valence-electron chi connectivity index (χ1n) is 8.09. The molecule has 0 aromatic heterocycles. The summed E-state index contributed by atoms with van der Waals surface area (Å²) >= 11 is 0. The number of likely N-dealkylation sites (tertiary alicyclic amines) is 1. The number of para-hydroxylation sites is 1. The Morgan fingerprint density at radius 1 is 0.955 bits per heavy atom. The summed E-state index contributed by atoms with van der Waals surface area (Å²) in [5.74, 6) is 1.79. The van der Waals surface area contributed by atoms with Gasteiger partial charge in [0.25, 0.3) is 0 Å². The van der Waals surface area contributed by atoms with Crippen LogP contribution in [0.15, 0.2) is 54.6 Å². The molecule has 0 bridgehead atoms. The van der Waals surface area contributed by atoms with Gasteiger partial charge in [-0.1, -0.05) is 30.3 Å². The quantitative estimate of drug-likeness (QED) is 0.918. The van der Waals surface area contributed by atoms with Crippen molar-refractivity contribution in [3.63, 3.8) is 0 Å². The number of hydrogen-bond acceptors (Lipinski definition) is 3. The average Bonchev–Trinajstić information content (AvgIpc) is 2.56. The smallest absolute Gasteiger partial charge is 0.127 e. The summed E-state index contributed by atoms with van der Waals surface area (Å²) in [5, 5.41) is 0. The Kier molecular flexibility index (Phi) is 5.09. The third-order valence-electron chi connectivity index (χ3n) is 4.23. The molecule has 0 spiro atoms. The molecule has 0 unspecified atom stereocenters.